The fraction of sp³-hybridized carbons (Fsp3) is 0.444. The van der Waals surface area contributed by atoms with E-state index in [1.807, 2.05) is 23.4 Å². The lowest BCUT2D eigenvalue weighted by atomic mass is 9.93. The van der Waals surface area contributed by atoms with Crippen LogP contribution in [0.5, 0.6) is 0 Å². The lowest BCUT2D eigenvalue weighted by Crippen LogP contribution is -2.39. The molecular weight excluding hydrogens is 377 g/mol. The Morgan fingerprint density at radius 3 is 2.80 bits per heavy atom. The molecule has 1 aromatic carbocycles. The number of likely N-dealkylation sites (tertiary alicyclic amines) is 1. The summed E-state index contributed by atoms with van der Waals surface area (Å²) in [4.78, 5) is 19.1. The molecule has 0 unspecified atom stereocenters. The Morgan fingerprint density at radius 1 is 1.36 bits per heavy atom. The van der Waals surface area contributed by atoms with Crippen LogP contribution in [-0.2, 0) is 0 Å². The highest BCUT2D eigenvalue weighted by Crippen LogP contribution is 2.33. The van der Waals surface area contributed by atoms with E-state index < -0.39 is 0 Å². The normalized spacial score (nSPS) is 15.6. The standard InChI is InChI=1S/C18H21Cl2N3OS/c1-21-7-4-12-5-8-23(9-6-12)18(24)16-11-25-17(22-16)14-3-2-13(19)10-15(14)20/h2-3,10-12,21H,4-9H2,1H3. The van der Waals surface area contributed by atoms with Crippen LogP contribution in [0.25, 0.3) is 10.6 Å². The number of aromatic nitrogens is 1. The number of nitrogens with zero attached hydrogens (tertiary/aromatic N) is 2. The Kier molecular flexibility index (Phi) is 6.34. The molecule has 1 N–H and O–H groups in total. The van der Waals surface area contributed by atoms with Crippen LogP contribution in [0.1, 0.15) is 29.8 Å². The van der Waals surface area contributed by atoms with Gasteiger partial charge in [-0.25, -0.2) is 4.98 Å². The molecule has 2 aromatic rings. The van der Waals surface area contributed by atoms with Crippen molar-refractivity contribution in [1.82, 2.24) is 15.2 Å². The Morgan fingerprint density at radius 2 is 2.12 bits per heavy atom. The van der Waals surface area contributed by atoms with Gasteiger partial charge in [0.25, 0.3) is 5.91 Å². The van der Waals surface area contributed by atoms with E-state index in [0.29, 0.717) is 21.7 Å². The number of hydrogen-bond acceptors (Lipinski definition) is 4. The predicted molar refractivity (Wildman–Crippen MR) is 105 cm³/mol. The third-order valence-electron chi connectivity index (χ3n) is 4.59. The maximum atomic E-state index is 12.7. The van der Waals surface area contributed by atoms with Crippen LogP contribution in [0, 0.1) is 5.92 Å². The van der Waals surface area contributed by atoms with Crippen LogP contribution in [0.15, 0.2) is 23.6 Å². The van der Waals surface area contributed by atoms with Crippen molar-refractivity contribution in [2.75, 3.05) is 26.7 Å². The first-order chi connectivity index (χ1) is 12.1. The summed E-state index contributed by atoms with van der Waals surface area (Å²) in [6, 6.07) is 5.31. The molecule has 0 spiro atoms. The van der Waals surface area contributed by atoms with E-state index in [9.17, 15) is 4.79 Å². The Labute approximate surface area is 162 Å². The maximum absolute atomic E-state index is 12.7. The zero-order valence-electron chi connectivity index (χ0n) is 14.1. The lowest BCUT2D eigenvalue weighted by molar-refractivity contribution is 0.0682. The Balaban J connectivity index is 1.65. The second-order valence-electron chi connectivity index (χ2n) is 6.29. The number of hydrogen-bond donors (Lipinski definition) is 1. The van der Waals surface area contributed by atoms with Gasteiger partial charge < -0.3 is 10.2 Å². The molecule has 0 aliphatic carbocycles. The molecule has 4 nitrogen and oxygen atoms in total. The van der Waals surface area contributed by atoms with Crippen LogP contribution in [0.3, 0.4) is 0 Å². The largest absolute Gasteiger partial charge is 0.337 e. The summed E-state index contributed by atoms with van der Waals surface area (Å²) in [5.41, 5.74) is 1.31. The number of benzene rings is 1. The van der Waals surface area contributed by atoms with Crippen molar-refractivity contribution in [1.29, 1.82) is 0 Å². The molecule has 0 bridgehead atoms. The third-order valence-corrected chi connectivity index (χ3v) is 6.01. The molecule has 1 aromatic heterocycles. The van der Waals surface area contributed by atoms with Gasteiger partial charge in [0.2, 0.25) is 0 Å². The predicted octanol–water partition coefficient (Wildman–Crippen LogP) is 4.58. The van der Waals surface area contributed by atoms with Gasteiger partial charge in [-0.1, -0.05) is 23.2 Å². The van der Waals surface area contributed by atoms with Gasteiger partial charge >= 0.3 is 0 Å². The molecule has 1 aliphatic heterocycles. The number of carbonyl (C=O) groups is 1. The quantitative estimate of drug-likeness (QED) is 0.802. The summed E-state index contributed by atoms with van der Waals surface area (Å²) in [6.07, 6.45) is 3.30. The molecule has 1 aliphatic rings. The fourth-order valence-corrected chi connectivity index (χ4v) is 4.48. The zero-order valence-corrected chi connectivity index (χ0v) is 16.4. The van der Waals surface area contributed by atoms with Crippen LogP contribution in [0.2, 0.25) is 10.0 Å². The van der Waals surface area contributed by atoms with Crippen molar-refractivity contribution >= 4 is 40.4 Å². The minimum Gasteiger partial charge on any atom is -0.337 e. The van der Waals surface area contributed by atoms with Crippen molar-refractivity contribution in [2.24, 2.45) is 5.92 Å². The highest BCUT2D eigenvalue weighted by Gasteiger charge is 2.25. The number of amides is 1. The maximum Gasteiger partial charge on any atom is 0.273 e. The summed E-state index contributed by atoms with van der Waals surface area (Å²) in [6.45, 7) is 2.65. The lowest BCUT2D eigenvalue weighted by Gasteiger charge is -2.31. The van der Waals surface area contributed by atoms with Crippen LogP contribution in [-0.4, -0.2) is 42.5 Å². The molecule has 134 valence electrons. The van der Waals surface area contributed by atoms with E-state index in [0.717, 1.165) is 43.0 Å². The summed E-state index contributed by atoms with van der Waals surface area (Å²) < 4.78 is 0. The zero-order chi connectivity index (χ0) is 17.8. The number of nitrogens with one attached hydrogen (secondary N) is 1. The molecule has 2 heterocycles. The minimum atomic E-state index is 0.0136. The molecule has 1 amide bonds. The molecule has 1 fully saturated rings. The first kappa shape index (κ1) is 18.6. The van der Waals surface area contributed by atoms with Crippen molar-refractivity contribution in [3.05, 3.63) is 39.3 Å². The first-order valence-electron chi connectivity index (χ1n) is 8.43. The summed E-state index contributed by atoms with van der Waals surface area (Å²) in [5, 5.41) is 6.89. The van der Waals surface area contributed by atoms with Gasteiger partial charge in [-0.05, 0) is 57.0 Å². The third kappa shape index (κ3) is 4.53. The van der Waals surface area contributed by atoms with Gasteiger partial charge in [0, 0.05) is 29.1 Å². The highest BCUT2D eigenvalue weighted by atomic mass is 35.5. The monoisotopic (exact) mass is 397 g/mol. The van der Waals surface area contributed by atoms with Gasteiger partial charge in [-0.15, -0.1) is 11.3 Å². The van der Waals surface area contributed by atoms with Gasteiger partial charge in [-0.2, -0.15) is 0 Å². The van der Waals surface area contributed by atoms with E-state index in [2.05, 4.69) is 10.3 Å². The Hall–Kier alpha value is -1.14. The SMILES string of the molecule is CNCCC1CCN(C(=O)c2csc(-c3ccc(Cl)cc3Cl)n2)CC1. The fourth-order valence-electron chi connectivity index (χ4n) is 3.09. The van der Waals surface area contributed by atoms with Crippen LogP contribution in [0.4, 0.5) is 0 Å². The minimum absolute atomic E-state index is 0.0136. The topological polar surface area (TPSA) is 45.2 Å². The molecule has 7 heteroatoms. The van der Waals surface area contributed by atoms with Gasteiger partial charge in [-0.3, -0.25) is 4.79 Å². The van der Waals surface area contributed by atoms with Crippen molar-refractivity contribution in [2.45, 2.75) is 19.3 Å². The summed E-state index contributed by atoms with van der Waals surface area (Å²) >= 11 is 13.6. The average molecular weight is 398 g/mol. The summed E-state index contributed by atoms with van der Waals surface area (Å²) in [5.74, 6) is 0.718. The highest BCUT2D eigenvalue weighted by molar-refractivity contribution is 7.13. The molecule has 0 saturated carbocycles. The second kappa shape index (κ2) is 8.49. The van der Waals surface area contributed by atoms with Crippen molar-refractivity contribution in [3.8, 4) is 10.6 Å². The molecule has 1 saturated heterocycles. The van der Waals surface area contributed by atoms with E-state index in [1.54, 1.807) is 12.1 Å². The van der Waals surface area contributed by atoms with E-state index >= 15 is 0 Å². The molecular formula is C18H21Cl2N3OS. The molecule has 3 rings (SSSR count). The first-order valence-corrected chi connectivity index (χ1v) is 10.1. The van der Waals surface area contributed by atoms with E-state index in [-0.39, 0.29) is 5.91 Å². The Bertz CT molecular complexity index is 742. The van der Waals surface area contributed by atoms with Gasteiger partial charge in [0.1, 0.15) is 10.7 Å². The number of rotatable bonds is 5. The molecule has 0 atom stereocenters. The smallest absolute Gasteiger partial charge is 0.273 e. The summed E-state index contributed by atoms with van der Waals surface area (Å²) in [7, 11) is 1.98. The average Bonchev–Trinajstić information content (AvgIpc) is 3.09. The van der Waals surface area contributed by atoms with Crippen LogP contribution < -0.4 is 5.32 Å². The van der Waals surface area contributed by atoms with E-state index in [1.165, 1.54) is 17.8 Å². The molecule has 0 radical (unpaired) electrons. The number of piperidine rings is 1. The van der Waals surface area contributed by atoms with Crippen molar-refractivity contribution in [3.63, 3.8) is 0 Å². The van der Waals surface area contributed by atoms with E-state index in [4.69, 9.17) is 23.2 Å². The molecule has 25 heavy (non-hydrogen) atoms. The number of halogens is 2. The van der Waals surface area contributed by atoms with Gasteiger partial charge in [0.05, 0.1) is 5.02 Å². The number of carbonyl (C=O) groups excluding carboxylic acids is 1. The number of thiazole rings is 1. The van der Waals surface area contributed by atoms with Gasteiger partial charge in [0.15, 0.2) is 0 Å². The second-order valence-corrected chi connectivity index (χ2v) is 7.99. The van der Waals surface area contributed by atoms with Crippen molar-refractivity contribution < 1.29 is 4.79 Å². The van der Waals surface area contributed by atoms with Crippen LogP contribution >= 0.6 is 34.5 Å².